The van der Waals surface area contributed by atoms with E-state index in [9.17, 15) is 10.1 Å². The molecular formula is C18H23N5OS2. The molecular weight excluding hydrogens is 366 g/mol. The van der Waals surface area contributed by atoms with Gasteiger partial charge in [0, 0.05) is 6.04 Å². The smallest absolute Gasteiger partial charge is 0.234 e. The van der Waals surface area contributed by atoms with Crippen molar-refractivity contribution in [2.75, 3.05) is 0 Å². The van der Waals surface area contributed by atoms with Crippen molar-refractivity contribution >= 4 is 29.0 Å². The summed E-state index contributed by atoms with van der Waals surface area (Å²) in [6.07, 6.45) is 2.23. The monoisotopic (exact) mass is 389 g/mol. The number of nitriles is 1. The molecule has 1 aliphatic rings. The van der Waals surface area contributed by atoms with E-state index >= 15 is 0 Å². The van der Waals surface area contributed by atoms with Crippen LogP contribution >= 0.6 is 23.1 Å². The molecule has 2 aromatic rings. The Morgan fingerprint density at radius 2 is 2.19 bits per heavy atom. The molecule has 0 radical (unpaired) electrons. The lowest BCUT2D eigenvalue weighted by Gasteiger charge is -2.28. The third-order valence-corrected chi connectivity index (χ3v) is 6.66. The molecule has 26 heavy (non-hydrogen) atoms. The molecule has 1 amide bonds. The Labute approximate surface area is 162 Å². The Balaban J connectivity index is 1.77. The summed E-state index contributed by atoms with van der Waals surface area (Å²) >= 11 is 3.04. The molecule has 0 spiro atoms. The van der Waals surface area contributed by atoms with Gasteiger partial charge in [-0.05, 0) is 44.1 Å². The summed E-state index contributed by atoms with van der Waals surface area (Å²) in [6, 6.07) is 6.68. The summed E-state index contributed by atoms with van der Waals surface area (Å²) in [4.78, 5) is 13.7. The van der Waals surface area contributed by atoms with Crippen molar-refractivity contribution in [3.8, 4) is 16.8 Å². The van der Waals surface area contributed by atoms with Crippen LogP contribution in [0.4, 0.5) is 0 Å². The van der Waals surface area contributed by atoms with Crippen molar-refractivity contribution < 1.29 is 4.79 Å². The second-order valence-corrected chi connectivity index (χ2v) is 9.36. The fourth-order valence-electron chi connectivity index (χ4n) is 2.46. The van der Waals surface area contributed by atoms with Crippen LogP contribution in [0.25, 0.3) is 10.7 Å². The van der Waals surface area contributed by atoms with Gasteiger partial charge in [-0.25, -0.2) is 0 Å². The minimum absolute atomic E-state index is 0.0224. The van der Waals surface area contributed by atoms with Gasteiger partial charge in [0.2, 0.25) is 5.91 Å². The summed E-state index contributed by atoms with van der Waals surface area (Å²) in [5, 5.41) is 23.4. The molecule has 0 aromatic carbocycles. The number of carbonyl (C=O) groups excluding carboxylic acids is 1. The Kier molecular flexibility index (Phi) is 5.39. The van der Waals surface area contributed by atoms with E-state index in [1.54, 1.807) is 18.3 Å². The average Bonchev–Trinajstić information content (AvgIpc) is 3.13. The second-order valence-electron chi connectivity index (χ2n) is 7.10. The molecule has 0 saturated heterocycles. The molecule has 1 fully saturated rings. The number of nitrogens with one attached hydrogen (secondary N) is 1. The van der Waals surface area contributed by atoms with Crippen molar-refractivity contribution in [1.82, 2.24) is 20.1 Å². The first-order valence-corrected chi connectivity index (χ1v) is 10.5. The molecule has 1 aliphatic carbocycles. The lowest BCUT2D eigenvalue weighted by atomic mass is 9.90. The maximum absolute atomic E-state index is 12.6. The van der Waals surface area contributed by atoms with Gasteiger partial charge in [-0.2, -0.15) is 5.26 Å². The summed E-state index contributed by atoms with van der Waals surface area (Å²) in [6.45, 7) is 7.46. The standard InChI is InChI=1S/C18H23N5OS2/c1-11(2)18(4,10-19)20-16(24)12(3)26-17-22-21-15(14-6-5-9-25-14)23(17)13-7-8-13/h5-6,9,11-13H,7-8H2,1-4H3,(H,20,24)/t12-,18-/m1/s1. The number of thiophene rings is 1. The number of amides is 1. The highest BCUT2D eigenvalue weighted by Crippen LogP contribution is 2.42. The van der Waals surface area contributed by atoms with Gasteiger partial charge in [0.25, 0.3) is 0 Å². The van der Waals surface area contributed by atoms with Gasteiger partial charge in [0.15, 0.2) is 11.0 Å². The molecule has 8 heteroatoms. The minimum atomic E-state index is -0.877. The van der Waals surface area contributed by atoms with Gasteiger partial charge in [-0.1, -0.05) is 31.7 Å². The number of carbonyl (C=O) groups is 1. The van der Waals surface area contributed by atoms with Crippen LogP contribution in [0.2, 0.25) is 0 Å². The fraction of sp³-hybridized carbons (Fsp3) is 0.556. The number of rotatable bonds is 7. The number of nitrogens with zero attached hydrogens (tertiary/aromatic N) is 4. The molecule has 0 bridgehead atoms. The van der Waals surface area contributed by atoms with Gasteiger partial charge in [-0.3, -0.25) is 9.36 Å². The minimum Gasteiger partial charge on any atom is -0.337 e. The molecule has 2 atom stereocenters. The van der Waals surface area contributed by atoms with E-state index in [2.05, 4.69) is 26.2 Å². The van der Waals surface area contributed by atoms with Crippen molar-refractivity contribution in [3.63, 3.8) is 0 Å². The van der Waals surface area contributed by atoms with Crippen LogP contribution in [0.5, 0.6) is 0 Å². The van der Waals surface area contributed by atoms with E-state index in [0.717, 1.165) is 28.7 Å². The molecule has 1 saturated carbocycles. The van der Waals surface area contributed by atoms with E-state index in [1.807, 2.05) is 38.3 Å². The maximum Gasteiger partial charge on any atom is 0.234 e. The third-order valence-electron chi connectivity index (χ3n) is 4.74. The zero-order valence-electron chi connectivity index (χ0n) is 15.4. The molecule has 138 valence electrons. The molecule has 0 aliphatic heterocycles. The van der Waals surface area contributed by atoms with E-state index in [1.165, 1.54) is 11.8 Å². The lowest BCUT2D eigenvalue weighted by Crippen LogP contribution is -2.51. The zero-order chi connectivity index (χ0) is 18.9. The first-order valence-electron chi connectivity index (χ1n) is 8.74. The first kappa shape index (κ1) is 18.9. The van der Waals surface area contributed by atoms with Gasteiger partial charge in [0.05, 0.1) is 16.2 Å². The SMILES string of the molecule is CC(C)[C@@](C)(C#N)NC(=O)[C@@H](C)Sc1nnc(-c2cccs2)n1C1CC1. The Morgan fingerprint density at radius 1 is 1.46 bits per heavy atom. The largest absolute Gasteiger partial charge is 0.337 e. The third kappa shape index (κ3) is 3.79. The summed E-state index contributed by atoms with van der Waals surface area (Å²) in [5.41, 5.74) is -0.877. The topological polar surface area (TPSA) is 83.6 Å². The van der Waals surface area contributed by atoms with Gasteiger partial charge >= 0.3 is 0 Å². The Hall–Kier alpha value is -1.85. The van der Waals surface area contributed by atoms with E-state index < -0.39 is 5.54 Å². The molecule has 1 N–H and O–H groups in total. The van der Waals surface area contributed by atoms with Crippen molar-refractivity contribution in [2.45, 2.75) is 62.5 Å². The van der Waals surface area contributed by atoms with Crippen LogP contribution < -0.4 is 5.32 Å². The van der Waals surface area contributed by atoms with Crippen LogP contribution in [-0.4, -0.2) is 31.5 Å². The molecule has 2 aromatic heterocycles. The van der Waals surface area contributed by atoms with Crippen LogP contribution in [0, 0.1) is 17.2 Å². The predicted octanol–water partition coefficient (Wildman–Crippen LogP) is 3.88. The second kappa shape index (κ2) is 7.41. The summed E-state index contributed by atoms with van der Waals surface area (Å²) in [7, 11) is 0. The molecule has 0 unspecified atom stereocenters. The highest BCUT2D eigenvalue weighted by Gasteiger charge is 2.34. The van der Waals surface area contributed by atoms with Crippen LogP contribution in [0.1, 0.15) is 46.6 Å². The van der Waals surface area contributed by atoms with Crippen LogP contribution in [0.3, 0.4) is 0 Å². The van der Waals surface area contributed by atoms with E-state index in [-0.39, 0.29) is 17.1 Å². The maximum atomic E-state index is 12.6. The summed E-state index contributed by atoms with van der Waals surface area (Å²) < 4.78 is 2.16. The lowest BCUT2D eigenvalue weighted by molar-refractivity contribution is -0.121. The zero-order valence-corrected chi connectivity index (χ0v) is 17.0. The molecule has 6 nitrogen and oxygen atoms in total. The molecule has 2 heterocycles. The van der Waals surface area contributed by atoms with Crippen LogP contribution in [0.15, 0.2) is 22.7 Å². The normalized spacial score (nSPS) is 17.5. The van der Waals surface area contributed by atoms with E-state index in [4.69, 9.17) is 0 Å². The van der Waals surface area contributed by atoms with Gasteiger partial charge in [0.1, 0.15) is 5.54 Å². The molecule has 3 rings (SSSR count). The Morgan fingerprint density at radius 3 is 2.73 bits per heavy atom. The Bertz CT molecular complexity index is 819. The summed E-state index contributed by atoms with van der Waals surface area (Å²) in [5.74, 6) is 0.742. The highest BCUT2D eigenvalue weighted by molar-refractivity contribution is 8.00. The highest BCUT2D eigenvalue weighted by atomic mass is 32.2. The van der Waals surface area contributed by atoms with Crippen LogP contribution in [-0.2, 0) is 4.79 Å². The van der Waals surface area contributed by atoms with Gasteiger partial charge < -0.3 is 5.32 Å². The van der Waals surface area contributed by atoms with Gasteiger partial charge in [-0.15, -0.1) is 21.5 Å². The number of hydrogen-bond donors (Lipinski definition) is 1. The van der Waals surface area contributed by atoms with Crippen molar-refractivity contribution in [1.29, 1.82) is 5.26 Å². The number of thioether (sulfide) groups is 1. The number of aromatic nitrogens is 3. The first-order chi connectivity index (χ1) is 12.4. The average molecular weight is 390 g/mol. The van der Waals surface area contributed by atoms with E-state index in [0.29, 0.717) is 6.04 Å². The fourth-order valence-corrected chi connectivity index (χ4v) is 4.09. The number of hydrogen-bond acceptors (Lipinski definition) is 6. The quantitative estimate of drug-likeness (QED) is 0.727. The van der Waals surface area contributed by atoms with Crippen molar-refractivity contribution in [3.05, 3.63) is 17.5 Å². The van der Waals surface area contributed by atoms with Crippen molar-refractivity contribution in [2.24, 2.45) is 5.92 Å². The predicted molar refractivity (Wildman–Crippen MR) is 104 cm³/mol.